The number of carbonyl (C=O) groups excluding carboxylic acids is 1. The number of hydrogen-bond donors (Lipinski definition) is 2. The Balaban J connectivity index is 2.12. The highest BCUT2D eigenvalue weighted by atomic mass is 79.9. The van der Waals surface area contributed by atoms with Crippen molar-refractivity contribution in [3.8, 4) is 0 Å². The molecule has 2 unspecified atom stereocenters. The second-order valence-corrected chi connectivity index (χ2v) is 6.31. The summed E-state index contributed by atoms with van der Waals surface area (Å²) in [5, 5.41) is 11.7. The van der Waals surface area contributed by atoms with Gasteiger partial charge in [0, 0.05) is 11.4 Å². The minimum Gasteiger partial charge on any atom is -0.480 e. The van der Waals surface area contributed by atoms with Crippen LogP contribution in [0, 0.1) is 0 Å². The summed E-state index contributed by atoms with van der Waals surface area (Å²) in [6.45, 7) is 1.90. The maximum atomic E-state index is 11.7. The Hall–Kier alpha value is -1.08. The molecule has 0 bridgehead atoms. The predicted molar refractivity (Wildman–Crippen MR) is 67.1 cm³/mol. The Morgan fingerprint density at radius 1 is 1.71 bits per heavy atom. The fourth-order valence-electron chi connectivity index (χ4n) is 1.70. The summed E-state index contributed by atoms with van der Waals surface area (Å²) in [6, 6.07) is 2.59. The van der Waals surface area contributed by atoms with Gasteiger partial charge < -0.3 is 15.3 Å². The van der Waals surface area contributed by atoms with Gasteiger partial charge in [-0.15, -0.1) is 11.3 Å². The molecule has 0 aromatic carbocycles. The Kier molecular flexibility index (Phi) is 3.39. The lowest BCUT2D eigenvalue weighted by molar-refractivity contribution is -0.141. The van der Waals surface area contributed by atoms with E-state index in [2.05, 4.69) is 21.2 Å². The van der Waals surface area contributed by atoms with Gasteiger partial charge in [0.15, 0.2) is 0 Å². The molecule has 1 fully saturated rings. The van der Waals surface area contributed by atoms with E-state index >= 15 is 0 Å². The largest absolute Gasteiger partial charge is 0.480 e. The number of halogens is 1. The lowest BCUT2D eigenvalue weighted by Gasteiger charge is -2.18. The molecular weight excluding hydrogens is 308 g/mol. The van der Waals surface area contributed by atoms with Gasteiger partial charge in [0.05, 0.1) is 9.83 Å². The van der Waals surface area contributed by atoms with Crippen LogP contribution >= 0.6 is 27.3 Å². The number of carboxylic acids is 1. The molecular formula is C10H11BrN2O3S. The number of aliphatic carboxylic acids is 1. The molecule has 17 heavy (non-hydrogen) atoms. The minimum absolute atomic E-state index is 0.124. The fraction of sp³-hybridized carbons (Fsp3) is 0.400. The molecule has 2 amide bonds. The van der Waals surface area contributed by atoms with E-state index in [0.29, 0.717) is 6.54 Å². The Morgan fingerprint density at radius 2 is 2.41 bits per heavy atom. The van der Waals surface area contributed by atoms with Crippen LogP contribution < -0.4 is 5.32 Å². The Morgan fingerprint density at radius 3 is 2.94 bits per heavy atom. The molecule has 1 aromatic rings. The summed E-state index contributed by atoms with van der Waals surface area (Å²) in [7, 11) is 0. The highest BCUT2D eigenvalue weighted by Gasteiger charge is 2.36. The molecule has 2 N–H and O–H groups in total. The molecule has 0 spiro atoms. The zero-order chi connectivity index (χ0) is 12.6. The summed E-state index contributed by atoms with van der Waals surface area (Å²) < 4.78 is 0.992. The lowest BCUT2D eigenvalue weighted by atomic mass is 10.2. The first-order valence-electron chi connectivity index (χ1n) is 5.04. The molecule has 1 aromatic heterocycles. The molecule has 0 saturated carbocycles. The maximum Gasteiger partial charge on any atom is 0.326 e. The number of rotatable bonds is 3. The summed E-state index contributed by atoms with van der Waals surface area (Å²) >= 11 is 4.90. The number of thiophene rings is 1. The van der Waals surface area contributed by atoms with Crippen molar-refractivity contribution in [1.29, 1.82) is 0 Å². The van der Waals surface area contributed by atoms with E-state index in [4.69, 9.17) is 5.11 Å². The van der Waals surface area contributed by atoms with Gasteiger partial charge in [0.2, 0.25) is 0 Å². The third-order valence-electron chi connectivity index (χ3n) is 2.70. The van der Waals surface area contributed by atoms with E-state index in [1.807, 2.05) is 12.1 Å². The number of nitrogens with one attached hydrogen (secondary N) is 1. The number of carbonyl (C=O) groups is 2. The summed E-state index contributed by atoms with van der Waals surface area (Å²) in [6.07, 6.45) is 0. The van der Waals surface area contributed by atoms with E-state index in [1.54, 1.807) is 0 Å². The van der Waals surface area contributed by atoms with Crippen LogP contribution in [0.5, 0.6) is 0 Å². The normalized spacial score (nSPS) is 21.4. The number of nitrogens with zero attached hydrogens (tertiary/aromatic N) is 1. The van der Waals surface area contributed by atoms with Crippen molar-refractivity contribution in [3.05, 3.63) is 20.8 Å². The molecule has 1 saturated heterocycles. The molecule has 2 heterocycles. The van der Waals surface area contributed by atoms with Gasteiger partial charge in [0.25, 0.3) is 0 Å². The number of carboxylic acid groups (broad SMARTS) is 1. The van der Waals surface area contributed by atoms with Crippen LogP contribution in [-0.4, -0.2) is 34.6 Å². The molecule has 0 radical (unpaired) electrons. The Labute approximate surface area is 111 Å². The summed E-state index contributed by atoms with van der Waals surface area (Å²) in [5.41, 5.74) is 0. The minimum atomic E-state index is -0.992. The third kappa shape index (κ3) is 2.44. The van der Waals surface area contributed by atoms with Crippen molar-refractivity contribution in [2.24, 2.45) is 0 Å². The van der Waals surface area contributed by atoms with Gasteiger partial charge in [-0.05, 0) is 35.0 Å². The zero-order valence-electron chi connectivity index (χ0n) is 9.01. The van der Waals surface area contributed by atoms with Gasteiger partial charge in [0.1, 0.15) is 6.04 Å². The smallest absolute Gasteiger partial charge is 0.326 e. The predicted octanol–water partition coefficient (Wildman–Crippen LogP) is 2.05. The number of urea groups is 1. The Bertz CT molecular complexity index is 462. The molecule has 7 heteroatoms. The van der Waals surface area contributed by atoms with E-state index < -0.39 is 12.0 Å². The van der Waals surface area contributed by atoms with Gasteiger partial charge in [-0.25, -0.2) is 9.59 Å². The van der Waals surface area contributed by atoms with Gasteiger partial charge in [-0.1, -0.05) is 0 Å². The maximum absolute atomic E-state index is 11.7. The van der Waals surface area contributed by atoms with Crippen LogP contribution in [0.2, 0.25) is 0 Å². The first kappa shape index (κ1) is 12.4. The van der Waals surface area contributed by atoms with E-state index in [1.165, 1.54) is 23.2 Å². The van der Waals surface area contributed by atoms with Crippen LogP contribution in [0.15, 0.2) is 15.9 Å². The zero-order valence-corrected chi connectivity index (χ0v) is 11.4. The van der Waals surface area contributed by atoms with Gasteiger partial charge in [-0.2, -0.15) is 0 Å². The average molecular weight is 319 g/mol. The van der Waals surface area contributed by atoms with Crippen LogP contribution in [-0.2, 0) is 4.79 Å². The first-order chi connectivity index (χ1) is 7.99. The molecule has 2 atom stereocenters. The number of amides is 2. The van der Waals surface area contributed by atoms with Crippen molar-refractivity contribution in [2.75, 3.05) is 6.54 Å². The molecule has 1 aliphatic heterocycles. The van der Waals surface area contributed by atoms with Gasteiger partial charge in [-0.3, -0.25) is 0 Å². The quantitative estimate of drug-likeness (QED) is 0.896. The van der Waals surface area contributed by atoms with Crippen molar-refractivity contribution in [2.45, 2.75) is 19.0 Å². The van der Waals surface area contributed by atoms with Crippen LogP contribution in [0.3, 0.4) is 0 Å². The summed E-state index contributed by atoms with van der Waals surface area (Å²) in [4.78, 5) is 24.9. The standard InChI is InChI=1S/C10H11BrN2O3S/c1-5(9(14)15)13-4-6(12-10(13)16)7-2-3-8(11)17-7/h2-3,5-6H,4H2,1H3,(H,12,16)(H,14,15). The third-order valence-corrected chi connectivity index (χ3v) is 4.44. The van der Waals surface area contributed by atoms with E-state index in [-0.39, 0.29) is 12.1 Å². The second-order valence-electron chi connectivity index (χ2n) is 3.81. The highest BCUT2D eigenvalue weighted by Crippen LogP contribution is 2.30. The molecule has 2 rings (SSSR count). The van der Waals surface area contributed by atoms with Crippen molar-refractivity contribution in [3.63, 3.8) is 0 Å². The lowest BCUT2D eigenvalue weighted by Crippen LogP contribution is -2.40. The number of hydrogen-bond acceptors (Lipinski definition) is 3. The van der Waals surface area contributed by atoms with Crippen molar-refractivity contribution < 1.29 is 14.7 Å². The van der Waals surface area contributed by atoms with Crippen LogP contribution in [0.1, 0.15) is 17.8 Å². The average Bonchev–Trinajstić information content (AvgIpc) is 2.83. The van der Waals surface area contributed by atoms with Crippen molar-refractivity contribution >= 4 is 39.3 Å². The van der Waals surface area contributed by atoms with Crippen LogP contribution in [0.25, 0.3) is 0 Å². The molecule has 92 valence electrons. The van der Waals surface area contributed by atoms with Crippen molar-refractivity contribution in [1.82, 2.24) is 10.2 Å². The van der Waals surface area contributed by atoms with E-state index in [9.17, 15) is 9.59 Å². The first-order valence-corrected chi connectivity index (χ1v) is 6.65. The molecule has 1 aliphatic rings. The summed E-state index contributed by atoms with van der Waals surface area (Å²) in [5.74, 6) is -0.992. The van der Waals surface area contributed by atoms with Gasteiger partial charge >= 0.3 is 12.0 Å². The molecule has 0 aliphatic carbocycles. The highest BCUT2D eigenvalue weighted by molar-refractivity contribution is 9.11. The monoisotopic (exact) mass is 318 g/mol. The second kappa shape index (κ2) is 4.66. The van der Waals surface area contributed by atoms with E-state index in [0.717, 1.165) is 8.66 Å². The topological polar surface area (TPSA) is 69.6 Å². The van der Waals surface area contributed by atoms with Crippen LogP contribution in [0.4, 0.5) is 4.79 Å². The fourth-order valence-corrected chi connectivity index (χ4v) is 3.17. The molecule has 5 nitrogen and oxygen atoms in total. The SMILES string of the molecule is CC(C(=O)O)N1CC(c2ccc(Br)s2)NC1=O.